The van der Waals surface area contributed by atoms with Crippen LogP contribution in [0.3, 0.4) is 0 Å². The lowest BCUT2D eigenvalue weighted by atomic mass is 10.2. The van der Waals surface area contributed by atoms with Crippen LogP contribution in [0.5, 0.6) is 17.2 Å². The van der Waals surface area contributed by atoms with E-state index in [9.17, 15) is 4.79 Å². The van der Waals surface area contributed by atoms with Gasteiger partial charge in [-0.15, -0.1) is 0 Å². The molecule has 0 bridgehead atoms. The third-order valence-electron chi connectivity index (χ3n) is 1.89. The first-order valence-electron chi connectivity index (χ1n) is 4.02. The lowest BCUT2D eigenvalue weighted by molar-refractivity contribution is -0.131. The summed E-state index contributed by atoms with van der Waals surface area (Å²) in [4.78, 5) is 10.3. The molecule has 0 saturated heterocycles. The van der Waals surface area contributed by atoms with E-state index in [1.54, 1.807) is 19.2 Å². The highest BCUT2D eigenvalue weighted by Gasteiger charge is 2.28. The van der Waals surface area contributed by atoms with Crippen molar-refractivity contribution in [3.05, 3.63) is 23.8 Å². The molecule has 1 aromatic rings. The highest BCUT2D eigenvalue weighted by Crippen LogP contribution is 2.55. The third kappa shape index (κ3) is 1.42. The fourth-order valence-corrected chi connectivity index (χ4v) is 1.20. The molecule has 0 radical (unpaired) electrons. The fraction of sp³-hybridized carbons (Fsp3) is 0.100. The molecule has 0 spiro atoms. The lowest BCUT2D eigenvalue weighted by Crippen LogP contribution is -1.85. The first-order valence-corrected chi connectivity index (χ1v) is 4.02. The molecule has 0 aliphatic carbocycles. The Morgan fingerprint density at radius 2 is 2.29 bits per heavy atom. The predicted octanol–water partition coefficient (Wildman–Crippen LogP) is 1.90. The summed E-state index contributed by atoms with van der Waals surface area (Å²) in [6, 6.07) is 3.50. The van der Waals surface area contributed by atoms with Crippen molar-refractivity contribution < 1.29 is 19.4 Å². The number of rotatable bonds is 3. The molecular formula is C10H8O4. The van der Waals surface area contributed by atoms with Gasteiger partial charge in [-0.25, -0.2) is 4.79 Å². The molecule has 2 rings (SSSR count). The normalized spacial score (nSPS) is 12.1. The van der Waals surface area contributed by atoms with Crippen molar-refractivity contribution in [3.63, 3.8) is 0 Å². The van der Waals surface area contributed by atoms with Crippen LogP contribution in [0, 0.1) is 0 Å². The van der Waals surface area contributed by atoms with Crippen LogP contribution in [0.1, 0.15) is 5.56 Å². The van der Waals surface area contributed by atoms with Crippen molar-refractivity contribution in [2.24, 2.45) is 0 Å². The summed E-state index contributed by atoms with van der Waals surface area (Å²) in [5.41, 5.74) is 0.753. The number of hydrogen-bond donors (Lipinski definition) is 1. The van der Waals surface area contributed by atoms with Crippen molar-refractivity contribution in [3.8, 4) is 17.2 Å². The van der Waals surface area contributed by atoms with E-state index in [4.69, 9.17) is 14.6 Å². The minimum Gasteiger partial charge on any atom is -0.493 e. The first-order chi connectivity index (χ1) is 6.72. The van der Waals surface area contributed by atoms with Gasteiger partial charge in [-0.05, 0) is 18.2 Å². The lowest BCUT2D eigenvalue weighted by Gasteiger charge is -1.93. The molecule has 1 aliphatic heterocycles. The Kier molecular flexibility index (Phi) is 1.89. The zero-order valence-corrected chi connectivity index (χ0v) is 7.48. The van der Waals surface area contributed by atoms with E-state index in [2.05, 4.69) is 0 Å². The Balaban J connectivity index is 2.28. The molecule has 14 heavy (non-hydrogen) atoms. The number of aliphatic carboxylic acids is 1. The molecule has 0 unspecified atom stereocenters. The van der Waals surface area contributed by atoms with Crippen molar-refractivity contribution in [2.75, 3.05) is 7.11 Å². The molecule has 1 aliphatic rings. The summed E-state index contributed by atoms with van der Waals surface area (Å²) in [5.74, 6) is 1.09. The van der Waals surface area contributed by atoms with E-state index in [-0.39, 0.29) is 0 Å². The van der Waals surface area contributed by atoms with Gasteiger partial charge < -0.3 is 14.6 Å². The number of carboxylic acid groups (broad SMARTS) is 1. The molecule has 0 fully saturated rings. The van der Waals surface area contributed by atoms with Crippen molar-refractivity contribution in [2.45, 2.75) is 0 Å². The summed E-state index contributed by atoms with van der Waals surface area (Å²) >= 11 is 0. The zero-order valence-electron chi connectivity index (χ0n) is 7.48. The zero-order chi connectivity index (χ0) is 10.1. The van der Waals surface area contributed by atoms with Gasteiger partial charge in [0.25, 0.3) is 0 Å². The van der Waals surface area contributed by atoms with Gasteiger partial charge in [-0.3, -0.25) is 0 Å². The van der Waals surface area contributed by atoms with Gasteiger partial charge in [-0.2, -0.15) is 0 Å². The van der Waals surface area contributed by atoms with Gasteiger partial charge in [0.05, 0.1) is 7.11 Å². The van der Waals surface area contributed by atoms with Gasteiger partial charge in [-0.1, -0.05) is 0 Å². The van der Waals surface area contributed by atoms with Gasteiger partial charge in [0, 0.05) is 11.6 Å². The number of carboxylic acids is 1. The van der Waals surface area contributed by atoms with Crippen molar-refractivity contribution in [1.29, 1.82) is 0 Å². The average molecular weight is 192 g/mol. The molecule has 0 saturated carbocycles. The van der Waals surface area contributed by atoms with Gasteiger partial charge >= 0.3 is 5.97 Å². The number of methoxy groups -OCH3 is 1. The fourth-order valence-electron chi connectivity index (χ4n) is 1.20. The first kappa shape index (κ1) is 8.62. The highest BCUT2D eigenvalue weighted by atomic mass is 16.6. The van der Waals surface area contributed by atoms with Crippen molar-refractivity contribution >= 4 is 12.0 Å². The van der Waals surface area contributed by atoms with Gasteiger partial charge in [0.15, 0.2) is 11.5 Å². The standard InChI is InChI=1S/C10H8O4/c1-13-7-4-2-6(3-5-8(11)12)9-10(7)14-9/h2-5H,1H3,(H,11,12)/b5-3+. The highest BCUT2D eigenvalue weighted by molar-refractivity contribution is 5.87. The van der Waals surface area contributed by atoms with Gasteiger partial charge in [0.2, 0.25) is 5.75 Å². The van der Waals surface area contributed by atoms with Crippen LogP contribution in [0.15, 0.2) is 18.2 Å². The number of hydrogen-bond acceptors (Lipinski definition) is 3. The molecule has 0 aromatic heterocycles. The summed E-state index contributed by atoms with van der Waals surface area (Å²) in [6.07, 6.45) is 2.57. The second kappa shape index (κ2) is 3.06. The Hall–Kier alpha value is -1.97. The van der Waals surface area contributed by atoms with E-state index in [0.717, 1.165) is 11.6 Å². The van der Waals surface area contributed by atoms with Crippen LogP contribution in [0.25, 0.3) is 6.08 Å². The van der Waals surface area contributed by atoms with Crippen LogP contribution in [0.4, 0.5) is 0 Å². The molecular weight excluding hydrogens is 184 g/mol. The average Bonchev–Trinajstić information content (AvgIpc) is 2.93. The van der Waals surface area contributed by atoms with E-state index < -0.39 is 5.97 Å². The quantitative estimate of drug-likeness (QED) is 0.596. The second-order valence-electron chi connectivity index (χ2n) is 2.79. The maximum atomic E-state index is 10.3. The molecule has 4 nitrogen and oxygen atoms in total. The van der Waals surface area contributed by atoms with Crippen molar-refractivity contribution in [1.82, 2.24) is 0 Å². The maximum absolute atomic E-state index is 10.3. The Bertz CT molecular complexity index is 420. The van der Waals surface area contributed by atoms with Crippen LogP contribution in [0.2, 0.25) is 0 Å². The molecule has 72 valence electrons. The summed E-state index contributed by atoms with van der Waals surface area (Å²) in [6.45, 7) is 0. The number of fused-ring (bicyclic) bond motifs is 1. The largest absolute Gasteiger partial charge is 0.493 e. The smallest absolute Gasteiger partial charge is 0.328 e. The summed E-state index contributed by atoms with van der Waals surface area (Å²) < 4.78 is 10.2. The number of carbonyl (C=O) groups is 1. The predicted molar refractivity (Wildman–Crippen MR) is 49.7 cm³/mol. The molecule has 4 heteroatoms. The second-order valence-corrected chi connectivity index (χ2v) is 2.79. The monoisotopic (exact) mass is 192 g/mol. The Labute approximate surface area is 80.4 Å². The number of benzene rings is 1. The molecule has 1 aromatic carbocycles. The topological polar surface area (TPSA) is 59.1 Å². The van der Waals surface area contributed by atoms with E-state index in [1.165, 1.54) is 6.08 Å². The molecule has 1 heterocycles. The SMILES string of the molecule is COc1ccc(/C=C/C(=O)O)c2c1O2. The summed E-state index contributed by atoms with van der Waals surface area (Å²) in [7, 11) is 1.56. The minimum absolute atomic E-state index is 0.674. The Morgan fingerprint density at radius 1 is 1.50 bits per heavy atom. The van der Waals surface area contributed by atoms with E-state index >= 15 is 0 Å². The number of ether oxygens (including phenoxy) is 2. The summed E-state index contributed by atoms with van der Waals surface area (Å²) in [5, 5.41) is 8.43. The van der Waals surface area contributed by atoms with Gasteiger partial charge in [0.1, 0.15) is 0 Å². The molecule has 1 N–H and O–H groups in total. The third-order valence-corrected chi connectivity index (χ3v) is 1.89. The molecule has 0 amide bonds. The Morgan fingerprint density at radius 3 is 2.93 bits per heavy atom. The maximum Gasteiger partial charge on any atom is 0.328 e. The van der Waals surface area contributed by atoms with E-state index in [1.807, 2.05) is 0 Å². The minimum atomic E-state index is -0.977. The molecule has 0 atom stereocenters. The van der Waals surface area contributed by atoms with Crippen LogP contribution >= 0.6 is 0 Å². The van der Waals surface area contributed by atoms with Crippen LogP contribution in [-0.4, -0.2) is 18.2 Å². The van der Waals surface area contributed by atoms with Crippen LogP contribution < -0.4 is 9.47 Å². The van der Waals surface area contributed by atoms with Crippen LogP contribution in [-0.2, 0) is 4.79 Å². The van der Waals surface area contributed by atoms with E-state index in [0.29, 0.717) is 17.2 Å².